The Morgan fingerprint density at radius 3 is 3.00 bits per heavy atom. The molecule has 0 spiro atoms. The largest absolute Gasteiger partial charge is 0.375 e. The Labute approximate surface area is 151 Å². The number of nitrogens with zero attached hydrogens (tertiary/aromatic N) is 4. The van der Waals surface area contributed by atoms with Crippen LogP contribution in [0.15, 0.2) is 6.07 Å². The van der Waals surface area contributed by atoms with Crippen LogP contribution in [0.2, 0.25) is 0 Å². The van der Waals surface area contributed by atoms with E-state index in [1.54, 1.807) is 11.3 Å². The zero-order valence-electron chi connectivity index (χ0n) is 14.3. The fourth-order valence-corrected chi connectivity index (χ4v) is 4.80. The van der Waals surface area contributed by atoms with E-state index < -0.39 is 0 Å². The highest BCUT2D eigenvalue weighted by Gasteiger charge is 2.29. The molecule has 0 unspecified atom stereocenters. The molecule has 1 N–H and O–H groups in total. The minimum absolute atomic E-state index is 0.648. The smallest absolute Gasteiger partial charge is 0.183 e. The molecule has 0 amide bonds. The number of rotatable bonds is 4. The van der Waals surface area contributed by atoms with Gasteiger partial charge in [0.15, 0.2) is 10.9 Å². The van der Waals surface area contributed by atoms with Crippen LogP contribution in [0.25, 0.3) is 0 Å². The molecule has 2 aromatic heterocycles. The number of anilines is 2. The highest BCUT2D eigenvalue weighted by atomic mass is 32.1. The van der Waals surface area contributed by atoms with E-state index in [9.17, 15) is 0 Å². The monoisotopic (exact) mass is 357 g/mol. The quantitative estimate of drug-likeness (QED) is 0.907. The second kappa shape index (κ2) is 6.53. The van der Waals surface area contributed by atoms with Crippen molar-refractivity contribution in [2.24, 2.45) is 5.92 Å². The lowest BCUT2D eigenvalue weighted by molar-refractivity contribution is 0.112. The zero-order valence-corrected chi connectivity index (χ0v) is 15.1. The lowest BCUT2D eigenvalue weighted by atomic mass is 9.95. The van der Waals surface area contributed by atoms with Crippen molar-refractivity contribution >= 4 is 22.3 Å². The Kier molecular flexibility index (Phi) is 4.06. The van der Waals surface area contributed by atoms with Gasteiger partial charge in [0.1, 0.15) is 0 Å². The minimum Gasteiger partial charge on any atom is -0.375 e. The second-order valence-corrected chi connectivity index (χ2v) is 8.31. The molecule has 1 fully saturated rings. The summed E-state index contributed by atoms with van der Waals surface area (Å²) in [6.45, 7) is 4.60. The zero-order chi connectivity index (χ0) is 16.6. The number of hydrogen-bond acceptors (Lipinski definition) is 7. The van der Waals surface area contributed by atoms with Gasteiger partial charge in [-0.25, -0.2) is 4.98 Å². The number of aromatic nitrogens is 3. The molecule has 1 saturated heterocycles. The normalized spacial score (nSPS) is 19.9. The van der Waals surface area contributed by atoms with Crippen LogP contribution in [0.4, 0.5) is 10.9 Å². The number of thiazole rings is 1. The third-order valence-electron chi connectivity index (χ3n) is 5.37. The average Bonchev–Trinajstić information content (AvgIpc) is 3.03. The lowest BCUT2D eigenvalue weighted by Crippen LogP contribution is -2.50. The SMILES string of the molecule is c1c(N2CC(CNc3nc4c(s3)COCC4)C2)nnc2c1CCCC2. The Hall–Kier alpha value is -1.73. The van der Waals surface area contributed by atoms with Gasteiger partial charge in [-0.15, -0.1) is 5.10 Å². The molecule has 4 heterocycles. The highest BCUT2D eigenvalue weighted by Crippen LogP contribution is 2.29. The van der Waals surface area contributed by atoms with E-state index >= 15 is 0 Å². The first-order valence-corrected chi connectivity index (χ1v) is 10.1. The maximum atomic E-state index is 5.49. The predicted octanol–water partition coefficient (Wildman–Crippen LogP) is 2.43. The van der Waals surface area contributed by atoms with E-state index in [-0.39, 0.29) is 0 Å². The van der Waals surface area contributed by atoms with Gasteiger partial charge in [0, 0.05) is 32.0 Å². The molecule has 25 heavy (non-hydrogen) atoms. The summed E-state index contributed by atoms with van der Waals surface area (Å²) in [7, 11) is 0. The third kappa shape index (κ3) is 3.11. The molecule has 0 aromatic carbocycles. The summed E-state index contributed by atoms with van der Waals surface area (Å²) >= 11 is 1.74. The fourth-order valence-electron chi connectivity index (χ4n) is 3.85. The topological polar surface area (TPSA) is 63.2 Å². The number of nitrogens with one attached hydrogen (secondary N) is 1. The standard InChI is InChI=1S/C18H23N5OS/c1-2-4-14-13(3-1)7-17(22-21-14)23-9-12(10-23)8-19-18-20-15-5-6-24-11-16(15)25-18/h7,12H,1-6,8-11H2,(H,19,20). The van der Waals surface area contributed by atoms with E-state index in [0.29, 0.717) is 5.92 Å². The van der Waals surface area contributed by atoms with Gasteiger partial charge in [-0.3, -0.25) is 0 Å². The molecule has 132 valence electrons. The second-order valence-electron chi connectivity index (χ2n) is 7.22. The van der Waals surface area contributed by atoms with Crippen LogP contribution in [0, 0.1) is 5.92 Å². The first-order chi connectivity index (χ1) is 12.3. The maximum Gasteiger partial charge on any atom is 0.183 e. The molecular weight excluding hydrogens is 334 g/mol. The maximum absolute atomic E-state index is 5.49. The van der Waals surface area contributed by atoms with Crippen molar-refractivity contribution in [3.05, 3.63) is 27.9 Å². The number of hydrogen-bond donors (Lipinski definition) is 1. The van der Waals surface area contributed by atoms with E-state index in [1.807, 2.05) is 0 Å². The van der Waals surface area contributed by atoms with Crippen LogP contribution >= 0.6 is 11.3 Å². The molecule has 5 rings (SSSR count). The summed E-state index contributed by atoms with van der Waals surface area (Å²) in [5, 5.41) is 13.5. The van der Waals surface area contributed by atoms with Crippen LogP contribution in [0.1, 0.15) is 34.7 Å². The highest BCUT2D eigenvalue weighted by molar-refractivity contribution is 7.15. The Morgan fingerprint density at radius 1 is 1.16 bits per heavy atom. The summed E-state index contributed by atoms with van der Waals surface area (Å²) in [5.41, 5.74) is 3.84. The lowest BCUT2D eigenvalue weighted by Gasteiger charge is -2.40. The summed E-state index contributed by atoms with van der Waals surface area (Å²) in [6, 6.07) is 2.26. The summed E-state index contributed by atoms with van der Waals surface area (Å²) in [5.74, 6) is 1.70. The van der Waals surface area contributed by atoms with Gasteiger partial charge in [-0.2, -0.15) is 5.10 Å². The Bertz CT molecular complexity index is 747. The van der Waals surface area contributed by atoms with Crippen molar-refractivity contribution in [2.45, 2.75) is 38.7 Å². The summed E-state index contributed by atoms with van der Waals surface area (Å²) < 4.78 is 5.49. The van der Waals surface area contributed by atoms with Gasteiger partial charge < -0.3 is 15.0 Å². The summed E-state index contributed by atoms with van der Waals surface area (Å²) in [6.07, 6.45) is 5.74. The molecule has 0 atom stereocenters. The van der Waals surface area contributed by atoms with E-state index in [1.165, 1.54) is 34.7 Å². The Morgan fingerprint density at radius 2 is 2.08 bits per heavy atom. The van der Waals surface area contributed by atoms with Crippen molar-refractivity contribution in [2.75, 3.05) is 36.5 Å². The molecule has 2 aliphatic heterocycles. The predicted molar refractivity (Wildman–Crippen MR) is 98.3 cm³/mol. The van der Waals surface area contributed by atoms with Crippen LogP contribution < -0.4 is 10.2 Å². The molecule has 0 bridgehead atoms. The molecule has 0 radical (unpaired) electrons. The first kappa shape index (κ1) is 15.5. The van der Waals surface area contributed by atoms with Crippen molar-refractivity contribution in [3.63, 3.8) is 0 Å². The first-order valence-electron chi connectivity index (χ1n) is 9.26. The average molecular weight is 357 g/mol. The molecule has 3 aliphatic rings. The van der Waals surface area contributed by atoms with Crippen LogP contribution in [0.3, 0.4) is 0 Å². The van der Waals surface area contributed by atoms with E-state index in [0.717, 1.165) is 63.1 Å². The van der Waals surface area contributed by atoms with Gasteiger partial charge in [0.05, 0.1) is 29.5 Å². The van der Waals surface area contributed by atoms with Crippen molar-refractivity contribution in [1.82, 2.24) is 15.2 Å². The number of ether oxygens (including phenoxy) is 1. The van der Waals surface area contributed by atoms with Crippen molar-refractivity contribution < 1.29 is 4.74 Å². The molecule has 1 aliphatic carbocycles. The van der Waals surface area contributed by atoms with Crippen molar-refractivity contribution in [3.8, 4) is 0 Å². The van der Waals surface area contributed by atoms with E-state index in [4.69, 9.17) is 9.72 Å². The van der Waals surface area contributed by atoms with E-state index in [2.05, 4.69) is 26.5 Å². The van der Waals surface area contributed by atoms with Crippen LogP contribution in [-0.4, -0.2) is 41.4 Å². The van der Waals surface area contributed by atoms with Gasteiger partial charge >= 0.3 is 0 Å². The van der Waals surface area contributed by atoms with Crippen LogP contribution in [-0.2, 0) is 30.6 Å². The van der Waals surface area contributed by atoms with Crippen molar-refractivity contribution in [1.29, 1.82) is 0 Å². The van der Waals surface area contributed by atoms with Gasteiger partial charge in [-0.05, 0) is 37.3 Å². The van der Waals surface area contributed by atoms with Crippen LogP contribution in [0.5, 0.6) is 0 Å². The molecule has 2 aromatic rings. The molecule has 6 nitrogen and oxygen atoms in total. The number of aryl methyl sites for hydroxylation is 2. The molecular formula is C18H23N5OS. The summed E-state index contributed by atoms with van der Waals surface area (Å²) in [4.78, 5) is 8.33. The van der Waals surface area contributed by atoms with Gasteiger partial charge in [0.25, 0.3) is 0 Å². The van der Waals surface area contributed by atoms with Gasteiger partial charge in [-0.1, -0.05) is 11.3 Å². The Balaban J connectivity index is 1.15. The molecule has 7 heteroatoms. The number of fused-ring (bicyclic) bond motifs is 2. The van der Waals surface area contributed by atoms with Gasteiger partial charge in [0.2, 0.25) is 0 Å². The molecule has 0 saturated carbocycles. The third-order valence-corrected chi connectivity index (χ3v) is 6.40. The fraction of sp³-hybridized carbons (Fsp3) is 0.611. The minimum atomic E-state index is 0.648.